The van der Waals surface area contributed by atoms with Crippen LogP contribution in [-0.4, -0.2) is 71.5 Å². The Labute approximate surface area is 393 Å². The topological polar surface area (TPSA) is 198 Å². The Bertz CT molecular complexity index is 2410. The normalized spacial score (nSPS) is 13.8. The van der Waals surface area contributed by atoms with Crippen LogP contribution >= 0.6 is 27.5 Å². The number of alkyl carbamates (subject to hydrolysis) is 1. The molecule has 0 spiro atoms. The Morgan fingerprint density at radius 3 is 1.98 bits per heavy atom. The van der Waals surface area contributed by atoms with Crippen LogP contribution in [0.2, 0.25) is 5.02 Å². The standard InChI is InChI=1S/C47H55BrClN3O12S/c1-45(2,3)62-41(53)25-15-23-39(43(55)63-46(4,5)6)61-44(56)50-37(42(54)64-47(7,33-17-9-8-10-18-33)35-19-11-12-20-36(35)49)21-16-30-51(31-32-26-28-34(48)29-27-32)65(59,60)40-24-14-13-22-38(40)52(57)58/h8-14,17-20,22,24,26-29,37,39H,15-16,21,23,25,30-31H2,1-7H3,(H,50,56)/t37-,39-,47?/m0/s1. The van der Waals surface area contributed by atoms with E-state index in [0.29, 0.717) is 16.7 Å². The van der Waals surface area contributed by atoms with E-state index in [9.17, 15) is 37.7 Å². The van der Waals surface area contributed by atoms with Gasteiger partial charge in [0.05, 0.1) is 4.92 Å². The number of nitrogens with zero attached hydrogens (tertiary/aromatic N) is 2. The summed E-state index contributed by atoms with van der Waals surface area (Å²) in [7, 11) is -4.55. The number of rotatable bonds is 20. The van der Waals surface area contributed by atoms with Crippen molar-refractivity contribution in [2.24, 2.45) is 0 Å². The Kier molecular flexibility index (Phi) is 18.3. The van der Waals surface area contributed by atoms with Crippen LogP contribution in [0.15, 0.2) is 112 Å². The van der Waals surface area contributed by atoms with E-state index >= 15 is 0 Å². The minimum atomic E-state index is -4.55. The van der Waals surface area contributed by atoms with Gasteiger partial charge >= 0.3 is 24.0 Å². The van der Waals surface area contributed by atoms with Crippen LogP contribution in [0.5, 0.6) is 0 Å². The van der Waals surface area contributed by atoms with Crippen LogP contribution in [0.3, 0.4) is 0 Å². The Balaban J connectivity index is 1.70. The minimum absolute atomic E-state index is 0.0765. The third kappa shape index (κ3) is 15.6. The van der Waals surface area contributed by atoms with Gasteiger partial charge < -0.3 is 24.3 Å². The smallest absolute Gasteiger partial charge is 0.408 e. The molecule has 65 heavy (non-hydrogen) atoms. The quantitative estimate of drug-likeness (QED) is 0.0381. The molecule has 18 heteroatoms. The minimum Gasteiger partial charge on any atom is -0.460 e. The first-order valence-electron chi connectivity index (χ1n) is 20.8. The number of nitro benzene ring substituents is 1. The van der Waals surface area contributed by atoms with E-state index < -0.39 is 78.5 Å². The number of carbonyl (C=O) groups excluding carboxylic acids is 4. The SMILES string of the molecule is CC(C)(C)OC(=O)CCC[C@H](OC(=O)N[C@@H](CCCN(Cc1ccc(Br)cc1)S(=O)(=O)c1ccccc1[N+](=O)[O-])C(=O)OC(C)(c1ccccc1)c1ccccc1Cl)C(=O)OC(C)(C)C. The summed E-state index contributed by atoms with van der Waals surface area (Å²) in [5.74, 6) is -2.38. The monoisotopic (exact) mass is 999 g/mol. The lowest BCUT2D eigenvalue weighted by molar-refractivity contribution is -0.387. The first-order valence-corrected chi connectivity index (χ1v) is 23.4. The van der Waals surface area contributed by atoms with Crippen LogP contribution in [-0.2, 0) is 55.5 Å². The summed E-state index contributed by atoms with van der Waals surface area (Å²) in [4.78, 5) is 65.0. The van der Waals surface area contributed by atoms with Crippen molar-refractivity contribution < 1.29 is 51.5 Å². The van der Waals surface area contributed by atoms with Gasteiger partial charge in [-0.3, -0.25) is 14.9 Å². The molecule has 1 unspecified atom stereocenters. The highest BCUT2D eigenvalue weighted by molar-refractivity contribution is 9.10. The zero-order valence-electron chi connectivity index (χ0n) is 37.4. The van der Waals surface area contributed by atoms with Crippen molar-refractivity contribution in [2.45, 2.75) is 121 Å². The summed E-state index contributed by atoms with van der Waals surface area (Å²) in [6.07, 6.45) is -3.23. The predicted molar refractivity (Wildman–Crippen MR) is 247 cm³/mol. The molecule has 4 rings (SSSR count). The van der Waals surface area contributed by atoms with E-state index in [2.05, 4.69) is 21.2 Å². The molecule has 15 nitrogen and oxygen atoms in total. The molecule has 0 aromatic heterocycles. The van der Waals surface area contributed by atoms with Crippen LogP contribution in [0.1, 0.15) is 97.3 Å². The number of carbonyl (C=O) groups is 4. The van der Waals surface area contributed by atoms with Crippen molar-refractivity contribution in [3.63, 3.8) is 0 Å². The van der Waals surface area contributed by atoms with Crippen molar-refractivity contribution in [2.75, 3.05) is 6.54 Å². The molecule has 1 amide bonds. The number of para-hydroxylation sites is 1. The molecule has 0 fully saturated rings. The zero-order chi connectivity index (χ0) is 48.2. The summed E-state index contributed by atoms with van der Waals surface area (Å²) < 4.78 is 53.2. The molecule has 350 valence electrons. The van der Waals surface area contributed by atoms with Crippen LogP contribution in [0.4, 0.5) is 10.5 Å². The Hall–Kier alpha value is -5.36. The third-order valence-electron chi connectivity index (χ3n) is 9.63. The van der Waals surface area contributed by atoms with Crippen LogP contribution in [0.25, 0.3) is 0 Å². The molecule has 4 aromatic rings. The van der Waals surface area contributed by atoms with Gasteiger partial charge in [0.15, 0.2) is 10.5 Å². The van der Waals surface area contributed by atoms with Gasteiger partial charge in [-0.2, -0.15) is 4.31 Å². The van der Waals surface area contributed by atoms with E-state index in [0.717, 1.165) is 20.9 Å². The van der Waals surface area contributed by atoms with Crippen LogP contribution < -0.4 is 5.32 Å². The number of nitrogens with one attached hydrogen (secondary N) is 1. The fourth-order valence-corrected chi connectivity index (χ4v) is 8.84. The second kappa shape index (κ2) is 22.7. The van der Waals surface area contributed by atoms with Gasteiger partial charge in [-0.1, -0.05) is 100 Å². The predicted octanol–water partition coefficient (Wildman–Crippen LogP) is 9.81. The Morgan fingerprint density at radius 2 is 1.37 bits per heavy atom. The highest BCUT2D eigenvalue weighted by Gasteiger charge is 2.39. The lowest BCUT2D eigenvalue weighted by Crippen LogP contribution is -2.47. The molecule has 3 atom stereocenters. The van der Waals surface area contributed by atoms with Gasteiger partial charge in [0.2, 0.25) is 16.1 Å². The summed E-state index contributed by atoms with van der Waals surface area (Å²) in [6, 6.07) is 25.8. The van der Waals surface area contributed by atoms with Gasteiger partial charge in [-0.15, -0.1) is 0 Å². The van der Waals surface area contributed by atoms with Gasteiger partial charge in [-0.25, -0.2) is 22.8 Å². The van der Waals surface area contributed by atoms with E-state index in [1.165, 1.54) is 12.1 Å². The van der Waals surface area contributed by atoms with Crippen molar-refractivity contribution in [1.29, 1.82) is 0 Å². The molecule has 0 aliphatic rings. The van der Waals surface area contributed by atoms with E-state index in [-0.39, 0.29) is 50.2 Å². The second-order valence-electron chi connectivity index (χ2n) is 17.2. The number of halogens is 2. The molecule has 0 radical (unpaired) electrons. The molecular weight excluding hydrogens is 946 g/mol. The third-order valence-corrected chi connectivity index (χ3v) is 12.4. The molecule has 4 aromatic carbocycles. The number of ether oxygens (including phenoxy) is 4. The van der Waals surface area contributed by atoms with Crippen molar-refractivity contribution >= 4 is 67.2 Å². The van der Waals surface area contributed by atoms with Crippen molar-refractivity contribution in [1.82, 2.24) is 9.62 Å². The number of benzene rings is 4. The fraction of sp³-hybridized carbons (Fsp3) is 0.404. The van der Waals surface area contributed by atoms with Crippen LogP contribution in [0, 0.1) is 10.1 Å². The first-order chi connectivity index (χ1) is 30.4. The molecule has 0 bridgehead atoms. The summed E-state index contributed by atoms with van der Waals surface area (Å²) >= 11 is 10.1. The molecule has 0 saturated carbocycles. The molecular formula is C47H55BrClN3O12S. The lowest BCUT2D eigenvalue weighted by atomic mass is 9.87. The molecule has 0 aliphatic carbocycles. The maximum absolute atomic E-state index is 14.6. The Morgan fingerprint density at radius 1 is 0.769 bits per heavy atom. The molecule has 0 aliphatic heterocycles. The van der Waals surface area contributed by atoms with Gasteiger partial charge in [0.1, 0.15) is 17.2 Å². The van der Waals surface area contributed by atoms with E-state index in [4.69, 9.17) is 30.5 Å². The number of sulfonamides is 1. The van der Waals surface area contributed by atoms with Crippen molar-refractivity contribution in [3.05, 3.63) is 139 Å². The van der Waals surface area contributed by atoms with Gasteiger partial charge in [0.25, 0.3) is 5.69 Å². The molecule has 0 saturated heterocycles. The maximum Gasteiger partial charge on any atom is 0.408 e. The average Bonchev–Trinajstić information content (AvgIpc) is 3.22. The van der Waals surface area contributed by atoms with E-state index in [1.54, 1.807) is 127 Å². The highest BCUT2D eigenvalue weighted by Crippen LogP contribution is 2.38. The maximum atomic E-state index is 14.6. The highest BCUT2D eigenvalue weighted by atomic mass is 79.9. The number of hydrogen-bond acceptors (Lipinski definition) is 12. The second-order valence-corrected chi connectivity index (χ2v) is 20.5. The molecule has 0 heterocycles. The van der Waals surface area contributed by atoms with Gasteiger partial charge in [0, 0.05) is 40.6 Å². The lowest BCUT2D eigenvalue weighted by Gasteiger charge is -2.33. The average molecular weight is 1000 g/mol. The van der Waals surface area contributed by atoms with E-state index in [1.807, 2.05) is 0 Å². The van der Waals surface area contributed by atoms with Gasteiger partial charge in [-0.05, 0) is 110 Å². The zero-order valence-corrected chi connectivity index (χ0v) is 40.5. The largest absolute Gasteiger partial charge is 0.460 e. The first kappa shape index (κ1) is 52.3. The van der Waals surface area contributed by atoms with Crippen molar-refractivity contribution in [3.8, 4) is 0 Å². The number of esters is 3. The molecule has 1 N–H and O–H groups in total. The number of amides is 1. The summed E-state index contributed by atoms with van der Waals surface area (Å²) in [6.45, 7) is 11.2. The summed E-state index contributed by atoms with van der Waals surface area (Å²) in [5.41, 5.74) is -2.34. The summed E-state index contributed by atoms with van der Waals surface area (Å²) in [5, 5.41) is 14.8. The number of nitro groups is 1. The number of hydrogen-bond donors (Lipinski definition) is 1. The fourth-order valence-electron chi connectivity index (χ4n) is 6.63.